The van der Waals surface area contributed by atoms with E-state index in [1.165, 1.54) is 22.3 Å². The summed E-state index contributed by atoms with van der Waals surface area (Å²) in [5.41, 5.74) is 6.17. The molecule has 3 aromatic rings. The lowest BCUT2D eigenvalue weighted by atomic mass is 9.95. The first-order valence-corrected chi connectivity index (χ1v) is 11.0. The molecule has 154 valence electrons. The zero-order chi connectivity index (χ0) is 20.5. The maximum absolute atomic E-state index is 6.42. The van der Waals surface area contributed by atoms with E-state index in [-0.39, 0.29) is 6.04 Å². The van der Waals surface area contributed by atoms with E-state index in [1.54, 1.807) is 0 Å². The number of fused-ring (bicyclic) bond motifs is 2. The Morgan fingerprint density at radius 3 is 2.80 bits per heavy atom. The number of halogens is 1. The Hall–Kier alpha value is -2.47. The molecule has 1 saturated heterocycles. The van der Waals surface area contributed by atoms with Crippen molar-refractivity contribution in [1.82, 2.24) is 24.8 Å². The molecule has 0 radical (unpaired) electrons. The summed E-state index contributed by atoms with van der Waals surface area (Å²) < 4.78 is 2.20. The van der Waals surface area contributed by atoms with Gasteiger partial charge in [-0.2, -0.15) is 0 Å². The Labute approximate surface area is 182 Å². The van der Waals surface area contributed by atoms with E-state index < -0.39 is 0 Å². The monoisotopic (exact) mass is 419 g/mol. The van der Waals surface area contributed by atoms with Crippen molar-refractivity contribution in [1.29, 1.82) is 0 Å². The van der Waals surface area contributed by atoms with Crippen LogP contribution in [-0.4, -0.2) is 45.6 Å². The normalized spacial score (nSPS) is 19.0. The lowest BCUT2D eigenvalue weighted by Gasteiger charge is -2.35. The van der Waals surface area contributed by atoms with Crippen LogP contribution in [0.5, 0.6) is 0 Å². The molecule has 0 amide bonds. The maximum atomic E-state index is 6.42. The average molecular weight is 420 g/mol. The highest BCUT2D eigenvalue weighted by Gasteiger charge is 2.31. The molecule has 2 aromatic heterocycles. The van der Waals surface area contributed by atoms with Gasteiger partial charge in [0.25, 0.3) is 0 Å². The highest BCUT2D eigenvalue weighted by atomic mass is 35.5. The Morgan fingerprint density at radius 2 is 2.00 bits per heavy atom. The van der Waals surface area contributed by atoms with Crippen molar-refractivity contribution in [2.75, 3.05) is 26.2 Å². The topological polar surface area (TPSA) is 46.0 Å². The highest BCUT2D eigenvalue weighted by molar-refractivity contribution is 6.30. The van der Waals surface area contributed by atoms with E-state index in [9.17, 15) is 0 Å². The first-order valence-electron chi connectivity index (χ1n) is 10.6. The molecule has 6 heteroatoms. The van der Waals surface area contributed by atoms with Crippen LogP contribution in [-0.2, 0) is 6.54 Å². The minimum atomic E-state index is 0.138. The molecule has 1 aromatic carbocycles. The number of allylic oxidation sites excluding steroid dienone is 1. The van der Waals surface area contributed by atoms with Gasteiger partial charge in [-0.05, 0) is 48.2 Å². The molecule has 3 heterocycles. The van der Waals surface area contributed by atoms with Gasteiger partial charge < -0.3 is 9.88 Å². The number of hydrogen-bond donors (Lipinski definition) is 1. The molecule has 5 nitrogen and oxygen atoms in total. The van der Waals surface area contributed by atoms with Crippen LogP contribution >= 0.6 is 11.6 Å². The van der Waals surface area contributed by atoms with E-state index in [2.05, 4.69) is 44.0 Å². The third-order valence-electron chi connectivity index (χ3n) is 6.18. The zero-order valence-electron chi connectivity index (χ0n) is 17.2. The van der Waals surface area contributed by atoms with Crippen LogP contribution in [0.15, 0.2) is 48.9 Å². The van der Waals surface area contributed by atoms with Gasteiger partial charge in [0.15, 0.2) is 0 Å². The summed E-state index contributed by atoms with van der Waals surface area (Å²) in [6.07, 6.45) is 9.06. The molecular weight excluding hydrogens is 394 g/mol. The molecule has 30 heavy (non-hydrogen) atoms. The number of aryl methyl sites for hydroxylation is 2. The Kier molecular flexibility index (Phi) is 5.42. The largest absolute Gasteiger partial charge is 0.335 e. The summed E-state index contributed by atoms with van der Waals surface area (Å²) >= 11 is 6.42. The van der Waals surface area contributed by atoms with Gasteiger partial charge in [-0.3, -0.25) is 9.88 Å². The minimum absolute atomic E-state index is 0.138. The summed E-state index contributed by atoms with van der Waals surface area (Å²) in [5.74, 6) is 1.04. The number of benzene rings is 1. The Morgan fingerprint density at radius 1 is 1.13 bits per heavy atom. The molecule has 0 saturated carbocycles. The number of piperazine rings is 1. The number of rotatable bonds is 4. The SMILES string of the molecule is Cc1nccn1CCC1=Cc2cc(Cl)ccc2C(N2CCNCC2)c2ncccc21. The number of nitrogens with zero attached hydrogens (tertiary/aromatic N) is 4. The van der Waals surface area contributed by atoms with Gasteiger partial charge in [0.05, 0.1) is 11.7 Å². The fourth-order valence-corrected chi connectivity index (χ4v) is 4.82. The van der Waals surface area contributed by atoms with Crippen LogP contribution in [0.25, 0.3) is 11.6 Å². The maximum Gasteiger partial charge on any atom is 0.105 e. The molecule has 1 aliphatic heterocycles. The van der Waals surface area contributed by atoms with Gasteiger partial charge in [0.1, 0.15) is 5.82 Å². The number of aromatic nitrogens is 3. The van der Waals surface area contributed by atoms with Gasteiger partial charge in [-0.15, -0.1) is 0 Å². The number of pyridine rings is 1. The summed E-state index contributed by atoms with van der Waals surface area (Å²) in [5, 5.41) is 4.24. The van der Waals surface area contributed by atoms with E-state index >= 15 is 0 Å². The lowest BCUT2D eigenvalue weighted by Crippen LogP contribution is -2.45. The van der Waals surface area contributed by atoms with Gasteiger partial charge in [0.2, 0.25) is 0 Å². The summed E-state index contributed by atoms with van der Waals surface area (Å²) in [7, 11) is 0. The molecular formula is C24H26ClN5. The van der Waals surface area contributed by atoms with Crippen LogP contribution in [0.3, 0.4) is 0 Å². The zero-order valence-corrected chi connectivity index (χ0v) is 17.9. The second kappa shape index (κ2) is 8.34. The van der Waals surface area contributed by atoms with Crippen LogP contribution < -0.4 is 5.32 Å². The number of nitrogens with one attached hydrogen (secondary N) is 1. The smallest absolute Gasteiger partial charge is 0.105 e. The molecule has 1 aliphatic carbocycles. The van der Waals surface area contributed by atoms with Gasteiger partial charge in [-0.1, -0.05) is 29.8 Å². The predicted molar refractivity (Wildman–Crippen MR) is 121 cm³/mol. The summed E-state index contributed by atoms with van der Waals surface area (Å²) in [6, 6.07) is 10.7. The van der Waals surface area contributed by atoms with Gasteiger partial charge in [0, 0.05) is 61.9 Å². The summed E-state index contributed by atoms with van der Waals surface area (Å²) in [6.45, 7) is 6.95. The fraction of sp³-hybridized carbons (Fsp3) is 0.333. The second-order valence-electron chi connectivity index (χ2n) is 7.99. The third kappa shape index (κ3) is 3.69. The molecule has 0 bridgehead atoms. The molecule has 1 unspecified atom stereocenters. The Balaban J connectivity index is 1.61. The van der Waals surface area contributed by atoms with Crippen molar-refractivity contribution in [2.45, 2.75) is 25.9 Å². The van der Waals surface area contributed by atoms with Crippen LogP contribution in [0.2, 0.25) is 5.02 Å². The van der Waals surface area contributed by atoms with Gasteiger partial charge in [-0.25, -0.2) is 4.98 Å². The van der Waals surface area contributed by atoms with Crippen molar-refractivity contribution in [3.63, 3.8) is 0 Å². The Bertz CT molecular complexity index is 1080. The minimum Gasteiger partial charge on any atom is -0.335 e. The predicted octanol–water partition coefficient (Wildman–Crippen LogP) is 4.18. The van der Waals surface area contributed by atoms with Crippen LogP contribution in [0, 0.1) is 6.92 Å². The van der Waals surface area contributed by atoms with Crippen LogP contribution in [0.4, 0.5) is 0 Å². The fourth-order valence-electron chi connectivity index (χ4n) is 4.64. The second-order valence-corrected chi connectivity index (χ2v) is 8.42. The molecule has 1 atom stereocenters. The van der Waals surface area contributed by atoms with Crippen molar-refractivity contribution in [3.05, 3.63) is 82.2 Å². The number of hydrogen-bond acceptors (Lipinski definition) is 4. The molecule has 5 rings (SSSR count). The van der Waals surface area contributed by atoms with Crippen molar-refractivity contribution in [3.8, 4) is 0 Å². The van der Waals surface area contributed by atoms with Crippen LogP contribution in [0.1, 0.15) is 40.7 Å². The highest BCUT2D eigenvalue weighted by Crippen LogP contribution is 2.40. The van der Waals surface area contributed by atoms with E-state index in [4.69, 9.17) is 16.6 Å². The third-order valence-corrected chi connectivity index (χ3v) is 6.41. The van der Waals surface area contributed by atoms with Crippen molar-refractivity contribution < 1.29 is 0 Å². The molecule has 1 fully saturated rings. The summed E-state index contributed by atoms with van der Waals surface area (Å²) in [4.78, 5) is 11.8. The standard InChI is InChI=1S/C24H26ClN5/c1-17-27-10-14-29(17)11-6-18-15-19-16-20(25)4-5-22(19)24(30-12-8-26-9-13-30)23-21(18)3-2-7-28-23/h2-5,7,10,14-16,24,26H,6,8-9,11-13H2,1H3. The molecule has 2 aliphatic rings. The van der Waals surface area contributed by atoms with E-state index in [1.807, 2.05) is 37.6 Å². The lowest BCUT2D eigenvalue weighted by molar-refractivity contribution is 0.195. The molecule has 1 N–H and O–H groups in total. The van der Waals surface area contributed by atoms with E-state index in [0.717, 1.165) is 55.7 Å². The van der Waals surface area contributed by atoms with Gasteiger partial charge >= 0.3 is 0 Å². The number of imidazole rings is 1. The van der Waals surface area contributed by atoms with Crippen molar-refractivity contribution >= 4 is 23.3 Å². The van der Waals surface area contributed by atoms with Crippen molar-refractivity contribution in [2.24, 2.45) is 0 Å². The molecule has 0 spiro atoms. The first kappa shape index (κ1) is 19.5. The first-order chi connectivity index (χ1) is 14.7. The average Bonchev–Trinajstić information content (AvgIpc) is 3.12. The quantitative estimate of drug-likeness (QED) is 0.689. The van der Waals surface area contributed by atoms with E-state index in [0.29, 0.717) is 0 Å².